The van der Waals surface area contributed by atoms with Gasteiger partial charge in [0.15, 0.2) is 0 Å². The zero-order valence-corrected chi connectivity index (χ0v) is 17.5. The van der Waals surface area contributed by atoms with E-state index < -0.39 is 0 Å². The molecule has 29 heavy (non-hydrogen) atoms. The number of ether oxygens (including phenoxy) is 2. The second kappa shape index (κ2) is 9.48. The maximum absolute atomic E-state index is 12.7. The van der Waals surface area contributed by atoms with Gasteiger partial charge in [0.2, 0.25) is 0 Å². The monoisotopic (exact) mass is 409 g/mol. The zero-order valence-electron chi connectivity index (χ0n) is 16.7. The van der Waals surface area contributed by atoms with Crippen LogP contribution in [0.5, 0.6) is 11.5 Å². The van der Waals surface area contributed by atoms with E-state index in [-0.39, 0.29) is 11.9 Å². The molecule has 3 rings (SSSR count). The molecule has 5 heteroatoms. The van der Waals surface area contributed by atoms with Gasteiger partial charge in [-0.15, -0.1) is 0 Å². The van der Waals surface area contributed by atoms with Crippen molar-refractivity contribution in [3.63, 3.8) is 0 Å². The Hall–Kier alpha value is -2.98. The molecule has 1 N–H and O–H groups in total. The Bertz CT molecular complexity index is 968. The molecular formula is C24H24ClNO3. The number of carbonyl (C=O) groups excluding carboxylic acids is 1. The molecule has 0 bridgehead atoms. The number of benzene rings is 3. The molecule has 150 valence electrons. The van der Waals surface area contributed by atoms with E-state index in [0.717, 1.165) is 16.9 Å². The summed E-state index contributed by atoms with van der Waals surface area (Å²) in [5, 5.41) is 3.68. The van der Waals surface area contributed by atoms with Crippen LogP contribution in [0.25, 0.3) is 0 Å². The Labute approximate surface area is 176 Å². The normalized spacial score (nSPS) is 11.6. The second-order valence-corrected chi connectivity index (χ2v) is 7.31. The quantitative estimate of drug-likeness (QED) is 0.542. The number of hydrogen-bond acceptors (Lipinski definition) is 3. The SMILES string of the molecule is COc1ccc(C(=O)N[C@H](C)c2ccc(Cl)cc2)cc1COc1ccc(C)cc1. The van der Waals surface area contributed by atoms with Gasteiger partial charge in [-0.3, -0.25) is 4.79 Å². The van der Waals surface area contributed by atoms with E-state index in [0.29, 0.717) is 22.9 Å². The lowest BCUT2D eigenvalue weighted by molar-refractivity contribution is 0.0939. The number of aryl methyl sites for hydroxylation is 1. The van der Waals surface area contributed by atoms with E-state index in [4.69, 9.17) is 21.1 Å². The largest absolute Gasteiger partial charge is 0.496 e. The smallest absolute Gasteiger partial charge is 0.251 e. The van der Waals surface area contributed by atoms with Crippen molar-refractivity contribution in [1.29, 1.82) is 0 Å². The molecule has 0 spiro atoms. The molecule has 4 nitrogen and oxygen atoms in total. The van der Waals surface area contributed by atoms with E-state index >= 15 is 0 Å². The van der Waals surface area contributed by atoms with Gasteiger partial charge in [-0.2, -0.15) is 0 Å². The van der Waals surface area contributed by atoms with Crippen molar-refractivity contribution in [1.82, 2.24) is 5.32 Å². The summed E-state index contributed by atoms with van der Waals surface area (Å²) in [5.41, 5.74) is 3.51. The van der Waals surface area contributed by atoms with Gasteiger partial charge < -0.3 is 14.8 Å². The highest BCUT2D eigenvalue weighted by molar-refractivity contribution is 6.30. The standard InChI is InChI=1S/C24H24ClNO3/c1-16-4-11-22(12-5-16)29-15-20-14-19(8-13-23(20)28-3)24(27)26-17(2)18-6-9-21(25)10-7-18/h4-14,17H,15H2,1-3H3,(H,26,27)/t17-/m1/s1. The minimum Gasteiger partial charge on any atom is -0.496 e. The van der Waals surface area contributed by atoms with Crippen LogP contribution in [0.1, 0.15) is 40.0 Å². The summed E-state index contributed by atoms with van der Waals surface area (Å²) in [6.07, 6.45) is 0. The Kier molecular flexibility index (Phi) is 6.78. The van der Waals surface area contributed by atoms with Crippen LogP contribution in [0, 0.1) is 6.92 Å². The number of amides is 1. The zero-order chi connectivity index (χ0) is 20.8. The fourth-order valence-corrected chi connectivity index (χ4v) is 3.07. The summed E-state index contributed by atoms with van der Waals surface area (Å²) < 4.78 is 11.3. The van der Waals surface area contributed by atoms with Gasteiger partial charge in [-0.1, -0.05) is 41.4 Å². The third-order valence-electron chi connectivity index (χ3n) is 4.68. The van der Waals surface area contributed by atoms with Gasteiger partial charge in [0.05, 0.1) is 13.2 Å². The summed E-state index contributed by atoms with van der Waals surface area (Å²) >= 11 is 5.93. The number of nitrogens with one attached hydrogen (secondary N) is 1. The van der Waals surface area contributed by atoms with Crippen LogP contribution in [-0.4, -0.2) is 13.0 Å². The van der Waals surface area contributed by atoms with E-state index in [1.165, 1.54) is 5.56 Å². The maximum atomic E-state index is 12.7. The Morgan fingerprint density at radius 2 is 1.72 bits per heavy atom. The molecule has 3 aromatic rings. The molecule has 3 aromatic carbocycles. The van der Waals surface area contributed by atoms with Crippen molar-refractivity contribution in [3.8, 4) is 11.5 Å². The van der Waals surface area contributed by atoms with Crippen molar-refractivity contribution < 1.29 is 14.3 Å². The minimum absolute atomic E-state index is 0.144. The molecule has 0 saturated carbocycles. The Morgan fingerprint density at radius 3 is 2.38 bits per heavy atom. The third kappa shape index (κ3) is 5.52. The van der Waals surface area contributed by atoms with Crippen molar-refractivity contribution in [3.05, 3.63) is 94.0 Å². The second-order valence-electron chi connectivity index (χ2n) is 6.88. The highest BCUT2D eigenvalue weighted by atomic mass is 35.5. The van der Waals surface area contributed by atoms with E-state index in [9.17, 15) is 4.79 Å². The number of hydrogen-bond donors (Lipinski definition) is 1. The first-order valence-corrected chi connectivity index (χ1v) is 9.77. The van der Waals surface area contributed by atoms with Crippen LogP contribution >= 0.6 is 11.6 Å². The predicted octanol–water partition coefficient (Wildman–Crippen LogP) is 5.73. The number of rotatable bonds is 7. The first-order valence-electron chi connectivity index (χ1n) is 9.39. The van der Waals surface area contributed by atoms with Gasteiger partial charge in [-0.25, -0.2) is 0 Å². The van der Waals surface area contributed by atoms with Crippen LogP contribution in [0.4, 0.5) is 0 Å². The summed E-state index contributed by atoms with van der Waals surface area (Å²) in [5.74, 6) is 1.29. The Morgan fingerprint density at radius 1 is 1.03 bits per heavy atom. The van der Waals surface area contributed by atoms with E-state index in [1.807, 2.05) is 62.4 Å². The molecule has 0 aromatic heterocycles. The van der Waals surface area contributed by atoms with Gasteiger partial charge >= 0.3 is 0 Å². The molecule has 0 aliphatic rings. The molecule has 0 fully saturated rings. The van der Waals surface area contributed by atoms with Gasteiger partial charge in [0, 0.05) is 16.1 Å². The lowest BCUT2D eigenvalue weighted by Crippen LogP contribution is -2.26. The molecule has 0 saturated heterocycles. The minimum atomic E-state index is -0.160. The molecule has 0 aliphatic carbocycles. The average Bonchev–Trinajstić information content (AvgIpc) is 2.73. The van der Waals surface area contributed by atoms with E-state index in [1.54, 1.807) is 25.3 Å². The molecule has 0 unspecified atom stereocenters. The highest BCUT2D eigenvalue weighted by Gasteiger charge is 2.14. The lowest BCUT2D eigenvalue weighted by atomic mass is 10.1. The highest BCUT2D eigenvalue weighted by Crippen LogP contribution is 2.23. The molecule has 0 aliphatic heterocycles. The van der Waals surface area contributed by atoms with Crippen molar-refractivity contribution in [2.75, 3.05) is 7.11 Å². The van der Waals surface area contributed by atoms with Crippen LogP contribution in [0.15, 0.2) is 66.7 Å². The average molecular weight is 410 g/mol. The fourth-order valence-electron chi connectivity index (χ4n) is 2.94. The van der Waals surface area contributed by atoms with Gasteiger partial charge in [0.25, 0.3) is 5.91 Å². The molecular weight excluding hydrogens is 386 g/mol. The first-order chi connectivity index (χ1) is 14.0. The molecule has 1 atom stereocenters. The summed E-state index contributed by atoms with van der Waals surface area (Å²) in [4.78, 5) is 12.7. The van der Waals surface area contributed by atoms with E-state index in [2.05, 4.69) is 5.32 Å². The first kappa shape index (κ1) is 20.7. The lowest BCUT2D eigenvalue weighted by Gasteiger charge is -2.16. The summed E-state index contributed by atoms with van der Waals surface area (Å²) in [6.45, 7) is 4.27. The number of halogens is 1. The van der Waals surface area contributed by atoms with Crippen LogP contribution < -0.4 is 14.8 Å². The van der Waals surface area contributed by atoms with Crippen LogP contribution in [0.2, 0.25) is 5.02 Å². The van der Waals surface area contributed by atoms with Gasteiger partial charge in [-0.05, 0) is 61.9 Å². The van der Waals surface area contributed by atoms with Crippen molar-refractivity contribution in [2.24, 2.45) is 0 Å². The van der Waals surface area contributed by atoms with Gasteiger partial charge in [0.1, 0.15) is 18.1 Å². The predicted molar refractivity (Wildman–Crippen MR) is 116 cm³/mol. The summed E-state index contributed by atoms with van der Waals surface area (Å²) in [7, 11) is 1.60. The molecule has 0 radical (unpaired) electrons. The molecule has 1 amide bonds. The number of methoxy groups -OCH3 is 1. The Balaban J connectivity index is 1.71. The fraction of sp³-hybridized carbons (Fsp3) is 0.208. The van der Waals surface area contributed by atoms with Crippen LogP contribution in [0.3, 0.4) is 0 Å². The topological polar surface area (TPSA) is 47.6 Å². The van der Waals surface area contributed by atoms with Crippen molar-refractivity contribution >= 4 is 17.5 Å². The van der Waals surface area contributed by atoms with Crippen LogP contribution in [-0.2, 0) is 6.61 Å². The maximum Gasteiger partial charge on any atom is 0.251 e. The van der Waals surface area contributed by atoms with Crippen molar-refractivity contribution in [2.45, 2.75) is 26.5 Å². The number of carbonyl (C=O) groups is 1. The third-order valence-corrected chi connectivity index (χ3v) is 4.93. The summed E-state index contributed by atoms with van der Waals surface area (Å²) in [6, 6.07) is 20.5. The molecule has 0 heterocycles.